The van der Waals surface area contributed by atoms with Crippen LogP contribution in [-0.4, -0.2) is 5.91 Å². The zero-order valence-electron chi connectivity index (χ0n) is 10.7. The monoisotopic (exact) mass is 234 g/mol. The van der Waals surface area contributed by atoms with E-state index < -0.39 is 0 Å². The predicted octanol–water partition coefficient (Wildman–Crippen LogP) is 2.51. The summed E-state index contributed by atoms with van der Waals surface area (Å²) >= 11 is 0. The fourth-order valence-electron chi connectivity index (χ4n) is 1.68. The van der Waals surface area contributed by atoms with E-state index in [1.165, 1.54) is 0 Å². The van der Waals surface area contributed by atoms with Gasteiger partial charge in [0.05, 0.1) is 6.04 Å². The Labute approximate surface area is 103 Å². The number of rotatable bonds is 6. The first-order valence-corrected chi connectivity index (χ1v) is 6.25. The molecule has 0 radical (unpaired) electrons. The zero-order valence-corrected chi connectivity index (χ0v) is 10.7. The molecular weight excluding hydrogens is 212 g/mol. The molecule has 0 fully saturated rings. The van der Waals surface area contributed by atoms with Gasteiger partial charge < -0.3 is 11.1 Å². The number of benzene rings is 1. The van der Waals surface area contributed by atoms with E-state index in [2.05, 4.69) is 12.2 Å². The lowest BCUT2D eigenvalue weighted by Crippen LogP contribution is -2.26. The summed E-state index contributed by atoms with van der Waals surface area (Å²) in [6.07, 6.45) is 2.61. The van der Waals surface area contributed by atoms with Crippen LogP contribution >= 0.6 is 0 Å². The van der Waals surface area contributed by atoms with Crippen LogP contribution in [0.2, 0.25) is 0 Å². The second-order valence-electron chi connectivity index (χ2n) is 4.34. The average Bonchev–Trinajstić information content (AvgIpc) is 2.36. The summed E-state index contributed by atoms with van der Waals surface area (Å²) in [6.45, 7) is 4.64. The van der Waals surface area contributed by atoms with Gasteiger partial charge in [0.1, 0.15) is 0 Å². The molecule has 0 aliphatic heterocycles. The van der Waals surface area contributed by atoms with Gasteiger partial charge in [-0.25, -0.2) is 0 Å². The summed E-state index contributed by atoms with van der Waals surface area (Å²) in [5.74, 6) is 0.127. The smallest absolute Gasteiger partial charge is 0.220 e. The zero-order chi connectivity index (χ0) is 12.7. The number of nitrogens with one attached hydrogen (secondary N) is 1. The Morgan fingerprint density at radius 1 is 1.35 bits per heavy atom. The Kier molecular flexibility index (Phi) is 5.70. The molecule has 3 N–H and O–H groups in total. The van der Waals surface area contributed by atoms with Crippen molar-refractivity contribution in [3.05, 3.63) is 35.4 Å². The highest BCUT2D eigenvalue weighted by atomic mass is 16.1. The minimum atomic E-state index is 0.0613. The topological polar surface area (TPSA) is 55.1 Å². The van der Waals surface area contributed by atoms with Crippen LogP contribution < -0.4 is 11.1 Å². The standard InChI is InChI=1S/C14H22N2O/c1-3-4-5-14(17)16-11(2)13-8-6-12(10-15)7-9-13/h6-9,11H,3-5,10,15H2,1-2H3,(H,16,17). The Morgan fingerprint density at radius 2 is 2.00 bits per heavy atom. The highest BCUT2D eigenvalue weighted by Crippen LogP contribution is 2.13. The molecule has 94 valence electrons. The minimum Gasteiger partial charge on any atom is -0.350 e. The van der Waals surface area contributed by atoms with Gasteiger partial charge in [-0.2, -0.15) is 0 Å². The van der Waals surface area contributed by atoms with Crippen molar-refractivity contribution >= 4 is 5.91 Å². The third kappa shape index (κ3) is 4.57. The first kappa shape index (κ1) is 13.7. The normalized spacial score (nSPS) is 12.2. The summed E-state index contributed by atoms with van der Waals surface area (Å²) in [7, 11) is 0. The molecule has 1 atom stereocenters. The molecule has 0 saturated carbocycles. The van der Waals surface area contributed by atoms with Crippen LogP contribution in [0.5, 0.6) is 0 Å². The number of hydrogen-bond acceptors (Lipinski definition) is 2. The fraction of sp³-hybridized carbons (Fsp3) is 0.500. The number of amides is 1. The third-order valence-corrected chi connectivity index (χ3v) is 2.85. The second-order valence-corrected chi connectivity index (χ2v) is 4.34. The summed E-state index contributed by atoms with van der Waals surface area (Å²) in [4.78, 5) is 11.6. The fourth-order valence-corrected chi connectivity index (χ4v) is 1.68. The maximum atomic E-state index is 11.6. The Balaban J connectivity index is 2.51. The molecule has 17 heavy (non-hydrogen) atoms. The lowest BCUT2D eigenvalue weighted by molar-refractivity contribution is -0.121. The van der Waals surface area contributed by atoms with E-state index in [0.29, 0.717) is 13.0 Å². The maximum absolute atomic E-state index is 11.6. The summed E-state index contributed by atoms with van der Waals surface area (Å²) in [6, 6.07) is 8.11. The molecule has 0 aromatic heterocycles. The van der Waals surface area contributed by atoms with Crippen LogP contribution in [0.4, 0.5) is 0 Å². The van der Waals surface area contributed by atoms with Gasteiger partial charge in [-0.15, -0.1) is 0 Å². The van der Waals surface area contributed by atoms with Crippen molar-refractivity contribution in [3.8, 4) is 0 Å². The lowest BCUT2D eigenvalue weighted by Gasteiger charge is -2.14. The van der Waals surface area contributed by atoms with E-state index in [-0.39, 0.29) is 11.9 Å². The van der Waals surface area contributed by atoms with Crippen LogP contribution in [0.15, 0.2) is 24.3 Å². The van der Waals surface area contributed by atoms with Crippen LogP contribution in [0.1, 0.15) is 50.3 Å². The van der Waals surface area contributed by atoms with E-state index in [9.17, 15) is 4.79 Å². The van der Waals surface area contributed by atoms with Gasteiger partial charge in [0.25, 0.3) is 0 Å². The van der Waals surface area contributed by atoms with Gasteiger partial charge >= 0.3 is 0 Å². The Morgan fingerprint density at radius 3 is 2.53 bits per heavy atom. The molecular formula is C14H22N2O. The molecule has 0 heterocycles. The van der Waals surface area contributed by atoms with E-state index in [0.717, 1.165) is 24.0 Å². The van der Waals surface area contributed by atoms with Crippen molar-refractivity contribution in [2.45, 2.75) is 45.7 Å². The van der Waals surface area contributed by atoms with Gasteiger partial charge in [0, 0.05) is 13.0 Å². The minimum absolute atomic E-state index is 0.0613. The number of carbonyl (C=O) groups is 1. The largest absolute Gasteiger partial charge is 0.350 e. The second kappa shape index (κ2) is 7.07. The molecule has 1 unspecified atom stereocenters. The van der Waals surface area contributed by atoms with Gasteiger partial charge in [0.2, 0.25) is 5.91 Å². The van der Waals surface area contributed by atoms with E-state index in [1.807, 2.05) is 31.2 Å². The number of carbonyl (C=O) groups excluding carboxylic acids is 1. The van der Waals surface area contributed by atoms with Crippen LogP contribution in [0, 0.1) is 0 Å². The number of unbranched alkanes of at least 4 members (excludes halogenated alkanes) is 1. The van der Waals surface area contributed by atoms with Gasteiger partial charge in [0.15, 0.2) is 0 Å². The molecule has 1 rings (SSSR count). The van der Waals surface area contributed by atoms with Crippen LogP contribution in [0.3, 0.4) is 0 Å². The van der Waals surface area contributed by atoms with Gasteiger partial charge in [-0.05, 0) is 24.5 Å². The highest BCUT2D eigenvalue weighted by Gasteiger charge is 2.08. The van der Waals surface area contributed by atoms with Crippen molar-refractivity contribution in [2.24, 2.45) is 5.73 Å². The third-order valence-electron chi connectivity index (χ3n) is 2.85. The van der Waals surface area contributed by atoms with E-state index in [4.69, 9.17) is 5.73 Å². The highest BCUT2D eigenvalue weighted by molar-refractivity contribution is 5.76. The van der Waals surface area contributed by atoms with Crippen molar-refractivity contribution in [1.82, 2.24) is 5.32 Å². The first-order valence-electron chi connectivity index (χ1n) is 6.25. The predicted molar refractivity (Wildman–Crippen MR) is 70.4 cm³/mol. The first-order chi connectivity index (χ1) is 8.17. The number of hydrogen-bond donors (Lipinski definition) is 2. The molecule has 1 amide bonds. The molecule has 3 heteroatoms. The lowest BCUT2D eigenvalue weighted by atomic mass is 10.1. The molecule has 1 aromatic carbocycles. The van der Waals surface area contributed by atoms with E-state index in [1.54, 1.807) is 0 Å². The molecule has 0 aliphatic carbocycles. The van der Waals surface area contributed by atoms with Crippen molar-refractivity contribution in [2.75, 3.05) is 0 Å². The van der Waals surface area contributed by atoms with Crippen molar-refractivity contribution < 1.29 is 4.79 Å². The Hall–Kier alpha value is -1.35. The average molecular weight is 234 g/mol. The number of nitrogens with two attached hydrogens (primary N) is 1. The SMILES string of the molecule is CCCCC(=O)NC(C)c1ccc(CN)cc1. The molecule has 0 aliphatic rings. The quantitative estimate of drug-likeness (QED) is 0.794. The summed E-state index contributed by atoms with van der Waals surface area (Å²) < 4.78 is 0. The van der Waals surface area contributed by atoms with Gasteiger partial charge in [-0.3, -0.25) is 4.79 Å². The molecule has 1 aromatic rings. The molecule has 0 spiro atoms. The molecule has 0 bridgehead atoms. The van der Waals surface area contributed by atoms with Crippen molar-refractivity contribution in [3.63, 3.8) is 0 Å². The van der Waals surface area contributed by atoms with E-state index >= 15 is 0 Å². The summed E-state index contributed by atoms with van der Waals surface area (Å²) in [5, 5.41) is 3.00. The molecule has 0 saturated heterocycles. The van der Waals surface area contributed by atoms with Gasteiger partial charge in [-0.1, -0.05) is 37.6 Å². The van der Waals surface area contributed by atoms with Crippen LogP contribution in [0.25, 0.3) is 0 Å². The molecule has 3 nitrogen and oxygen atoms in total. The Bertz CT molecular complexity index is 346. The summed E-state index contributed by atoms with van der Waals surface area (Å²) in [5.41, 5.74) is 7.77. The van der Waals surface area contributed by atoms with Crippen LogP contribution in [-0.2, 0) is 11.3 Å². The van der Waals surface area contributed by atoms with Crippen molar-refractivity contribution in [1.29, 1.82) is 0 Å². The maximum Gasteiger partial charge on any atom is 0.220 e.